The van der Waals surface area contributed by atoms with E-state index >= 15 is 0 Å². The standard InChI is InChI=1S/C15H20Cl2N2O3/c1-11-9-19(3-2-18(11)4-5-20)15(21)10-22-14-7-12(16)6-13(17)8-14/h6-8,11,20H,2-5,9-10H2,1H3/t11-/m0/s1. The van der Waals surface area contributed by atoms with E-state index in [2.05, 4.69) is 4.90 Å². The van der Waals surface area contributed by atoms with Crippen molar-refractivity contribution in [1.82, 2.24) is 9.80 Å². The number of hydrogen-bond donors (Lipinski definition) is 1. The Morgan fingerprint density at radius 2 is 2.00 bits per heavy atom. The van der Waals surface area contributed by atoms with E-state index in [0.29, 0.717) is 35.4 Å². The van der Waals surface area contributed by atoms with Gasteiger partial charge in [0.1, 0.15) is 5.75 Å². The van der Waals surface area contributed by atoms with Crippen LogP contribution in [0.1, 0.15) is 6.92 Å². The zero-order chi connectivity index (χ0) is 16.1. The van der Waals surface area contributed by atoms with E-state index in [-0.39, 0.29) is 25.2 Å². The quantitative estimate of drug-likeness (QED) is 0.884. The second kappa shape index (κ2) is 8.02. The van der Waals surface area contributed by atoms with E-state index < -0.39 is 0 Å². The summed E-state index contributed by atoms with van der Waals surface area (Å²) in [5.41, 5.74) is 0. The lowest BCUT2D eigenvalue weighted by Gasteiger charge is -2.39. The number of β-amino-alcohol motifs (C(OH)–C–C–N with tert-alkyl or cyclic N) is 1. The zero-order valence-corrected chi connectivity index (χ0v) is 14.0. The summed E-state index contributed by atoms with van der Waals surface area (Å²) in [5.74, 6) is 0.421. The Hall–Kier alpha value is -1.01. The van der Waals surface area contributed by atoms with Crippen LogP contribution in [0.3, 0.4) is 0 Å². The van der Waals surface area contributed by atoms with Crippen molar-refractivity contribution in [2.24, 2.45) is 0 Å². The van der Waals surface area contributed by atoms with Gasteiger partial charge in [-0.1, -0.05) is 23.2 Å². The van der Waals surface area contributed by atoms with Gasteiger partial charge in [-0.25, -0.2) is 0 Å². The van der Waals surface area contributed by atoms with Crippen molar-refractivity contribution in [2.75, 3.05) is 39.4 Å². The molecule has 0 saturated carbocycles. The SMILES string of the molecule is C[C@H]1CN(C(=O)COc2cc(Cl)cc(Cl)c2)CCN1CCO. The van der Waals surface area contributed by atoms with Gasteiger partial charge in [-0.3, -0.25) is 9.69 Å². The van der Waals surface area contributed by atoms with Crippen LogP contribution in [-0.2, 0) is 4.79 Å². The number of benzene rings is 1. The Balaban J connectivity index is 1.85. The molecule has 1 amide bonds. The second-order valence-corrected chi connectivity index (χ2v) is 6.22. The second-order valence-electron chi connectivity index (χ2n) is 5.34. The minimum atomic E-state index is -0.0633. The van der Waals surface area contributed by atoms with Crippen molar-refractivity contribution >= 4 is 29.1 Å². The molecular weight excluding hydrogens is 327 g/mol. The molecule has 22 heavy (non-hydrogen) atoms. The Morgan fingerprint density at radius 3 is 2.59 bits per heavy atom. The average Bonchev–Trinajstić information content (AvgIpc) is 2.46. The first-order valence-corrected chi connectivity index (χ1v) is 7.96. The van der Waals surface area contributed by atoms with Crippen LogP contribution in [0, 0.1) is 0 Å². The van der Waals surface area contributed by atoms with Gasteiger partial charge in [-0.05, 0) is 25.1 Å². The van der Waals surface area contributed by atoms with Crippen LogP contribution >= 0.6 is 23.2 Å². The summed E-state index contributed by atoms with van der Waals surface area (Å²) in [5, 5.41) is 9.95. The molecule has 0 unspecified atom stereocenters. The number of aliphatic hydroxyl groups excluding tert-OH is 1. The highest BCUT2D eigenvalue weighted by Crippen LogP contribution is 2.24. The van der Waals surface area contributed by atoms with Gasteiger partial charge >= 0.3 is 0 Å². The highest BCUT2D eigenvalue weighted by molar-refractivity contribution is 6.34. The molecule has 1 saturated heterocycles. The first-order valence-electron chi connectivity index (χ1n) is 7.21. The van der Waals surface area contributed by atoms with Gasteiger partial charge in [0, 0.05) is 42.3 Å². The topological polar surface area (TPSA) is 53.0 Å². The maximum absolute atomic E-state index is 12.2. The number of piperazine rings is 1. The number of carbonyl (C=O) groups excluding carboxylic acids is 1. The number of nitrogens with zero attached hydrogens (tertiary/aromatic N) is 2. The van der Waals surface area contributed by atoms with E-state index in [1.54, 1.807) is 23.1 Å². The fourth-order valence-electron chi connectivity index (χ4n) is 2.53. The zero-order valence-electron chi connectivity index (χ0n) is 12.5. The van der Waals surface area contributed by atoms with Gasteiger partial charge in [0.25, 0.3) is 5.91 Å². The third kappa shape index (κ3) is 4.74. The summed E-state index contributed by atoms with van der Waals surface area (Å²) in [4.78, 5) is 16.2. The predicted octanol–water partition coefficient (Wildman–Crippen LogP) is 1.90. The van der Waals surface area contributed by atoms with Gasteiger partial charge in [0.05, 0.1) is 6.61 Å². The monoisotopic (exact) mass is 346 g/mol. The third-order valence-electron chi connectivity index (χ3n) is 3.70. The molecule has 1 N–H and O–H groups in total. The lowest BCUT2D eigenvalue weighted by atomic mass is 10.2. The van der Waals surface area contributed by atoms with Crippen LogP contribution < -0.4 is 4.74 Å². The maximum Gasteiger partial charge on any atom is 0.260 e. The molecule has 1 aromatic carbocycles. The van der Waals surface area contributed by atoms with E-state index in [0.717, 1.165) is 6.54 Å². The van der Waals surface area contributed by atoms with E-state index in [9.17, 15) is 4.79 Å². The first kappa shape index (κ1) is 17.3. The minimum absolute atomic E-state index is 0.0383. The number of halogens is 2. The summed E-state index contributed by atoms with van der Waals surface area (Å²) in [6, 6.07) is 5.09. The van der Waals surface area contributed by atoms with Crippen LogP contribution in [0.25, 0.3) is 0 Å². The van der Waals surface area contributed by atoms with Crippen LogP contribution in [0.15, 0.2) is 18.2 Å². The Bertz CT molecular complexity index is 507. The molecule has 5 nitrogen and oxygen atoms in total. The highest BCUT2D eigenvalue weighted by atomic mass is 35.5. The third-order valence-corrected chi connectivity index (χ3v) is 4.14. The van der Waals surface area contributed by atoms with Gasteiger partial charge < -0.3 is 14.7 Å². The number of ether oxygens (including phenoxy) is 1. The van der Waals surface area contributed by atoms with Crippen LogP contribution in [0.5, 0.6) is 5.75 Å². The van der Waals surface area contributed by atoms with Gasteiger partial charge in [-0.15, -0.1) is 0 Å². The summed E-state index contributed by atoms with van der Waals surface area (Å²) in [6.07, 6.45) is 0. The molecule has 0 bridgehead atoms. The smallest absolute Gasteiger partial charge is 0.260 e. The van der Waals surface area contributed by atoms with E-state index in [4.69, 9.17) is 33.0 Å². The summed E-state index contributed by atoms with van der Waals surface area (Å²) < 4.78 is 5.48. The van der Waals surface area contributed by atoms with E-state index in [1.165, 1.54) is 0 Å². The number of aliphatic hydroxyl groups is 1. The maximum atomic E-state index is 12.2. The molecule has 1 aromatic rings. The summed E-state index contributed by atoms with van der Waals surface area (Å²) in [7, 11) is 0. The predicted molar refractivity (Wildman–Crippen MR) is 86.7 cm³/mol. The normalized spacial score (nSPS) is 19.3. The summed E-state index contributed by atoms with van der Waals surface area (Å²) in [6.45, 7) is 4.82. The van der Waals surface area contributed by atoms with Crippen molar-refractivity contribution in [2.45, 2.75) is 13.0 Å². The molecule has 1 atom stereocenters. The Kier molecular flexibility index (Phi) is 6.32. The Morgan fingerprint density at radius 1 is 1.32 bits per heavy atom. The van der Waals surface area contributed by atoms with Gasteiger partial charge in [0.15, 0.2) is 6.61 Å². The van der Waals surface area contributed by atoms with Gasteiger partial charge in [-0.2, -0.15) is 0 Å². The van der Waals surface area contributed by atoms with Crippen molar-refractivity contribution in [3.05, 3.63) is 28.2 Å². The van der Waals surface area contributed by atoms with Crippen molar-refractivity contribution in [3.63, 3.8) is 0 Å². The molecule has 0 aliphatic carbocycles. The molecule has 7 heteroatoms. The number of rotatable bonds is 5. The average molecular weight is 347 g/mol. The molecule has 122 valence electrons. The molecule has 0 radical (unpaired) electrons. The number of amides is 1. The molecule has 0 spiro atoms. The lowest BCUT2D eigenvalue weighted by molar-refractivity contribution is -0.136. The van der Waals surface area contributed by atoms with Crippen molar-refractivity contribution in [3.8, 4) is 5.75 Å². The van der Waals surface area contributed by atoms with Crippen molar-refractivity contribution < 1.29 is 14.6 Å². The minimum Gasteiger partial charge on any atom is -0.484 e. The lowest BCUT2D eigenvalue weighted by Crippen LogP contribution is -2.55. The molecule has 1 aliphatic rings. The Labute approximate surface area is 140 Å². The molecular formula is C15H20Cl2N2O3. The summed E-state index contributed by atoms with van der Waals surface area (Å²) >= 11 is 11.8. The van der Waals surface area contributed by atoms with Gasteiger partial charge in [0.2, 0.25) is 0 Å². The molecule has 1 aliphatic heterocycles. The van der Waals surface area contributed by atoms with E-state index in [1.807, 2.05) is 6.92 Å². The van der Waals surface area contributed by atoms with Crippen molar-refractivity contribution in [1.29, 1.82) is 0 Å². The highest BCUT2D eigenvalue weighted by Gasteiger charge is 2.26. The fourth-order valence-corrected chi connectivity index (χ4v) is 3.04. The molecule has 1 fully saturated rings. The molecule has 1 heterocycles. The van der Waals surface area contributed by atoms with Crippen LogP contribution in [0.4, 0.5) is 0 Å². The molecule has 0 aromatic heterocycles. The fraction of sp³-hybridized carbons (Fsp3) is 0.533. The number of carbonyl (C=O) groups is 1. The molecule has 2 rings (SSSR count). The first-order chi connectivity index (χ1) is 10.5. The largest absolute Gasteiger partial charge is 0.484 e. The number of hydrogen-bond acceptors (Lipinski definition) is 4. The van der Waals surface area contributed by atoms with Crippen LogP contribution in [0.2, 0.25) is 10.0 Å². The van der Waals surface area contributed by atoms with Crippen LogP contribution in [-0.4, -0.2) is 66.2 Å².